The highest BCUT2D eigenvalue weighted by molar-refractivity contribution is 5.84. The lowest BCUT2D eigenvalue weighted by molar-refractivity contribution is 0.152. The molecule has 1 saturated carbocycles. The average molecular weight is 624 g/mol. The summed E-state index contributed by atoms with van der Waals surface area (Å²) in [6, 6.07) is 17.8. The van der Waals surface area contributed by atoms with Gasteiger partial charge in [0.2, 0.25) is 0 Å². The fraction of sp³-hybridized carbons (Fsp3) is 0.514. The van der Waals surface area contributed by atoms with Gasteiger partial charge in [-0.05, 0) is 74.5 Å². The van der Waals surface area contributed by atoms with Crippen molar-refractivity contribution in [1.82, 2.24) is 35.7 Å². The largest absolute Gasteiger partial charge is 0.385 e. The zero-order chi connectivity index (χ0) is 31.6. The van der Waals surface area contributed by atoms with Crippen molar-refractivity contribution in [3.8, 4) is 0 Å². The number of benzene rings is 2. The predicted molar refractivity (Wildman–Crippen MR) is 189 cm³/mol. The van der Waals surface area contributed by atoms with Gasteiger partial charge in [0.25, 0.3) is 0 Å². The number of piperazine rings is 1. The van der Waals surface area contributed by atoms with E-state index in [-0.39, 0.29) is 0 Å². The van der Waals surface area contributed by atoms with E-state index in [2.05, 4.69) is 80.1 Å². The molecule has 0 atom stereocenters. The monoisotopic (exact) mass is 623 g/mol. The number of nitrogens with two attached hydrogens (primary N) is 1. The first-order chi connectivity index (χ1) is 22.6. The number of imidazole rings is 1. The molecular formula is C37H53N9. The standard InChI is InChI=1S/C37H53N9/c1-28-12-17-36(41-26-30-15-13-29(14-16-30)25-39-18-7-19-40-31-8-3-2-4-9-31)44-35(38)24-34(28)46-22-20-45(21-23-46)27-37-42-32-10-5-6-11-33(32)43-37/h5-6,10-11,13-16,24,31,39-40H,2-4,7-9,12,17-23,25-27,38H2,1H3,(H,41,44)(H,42,43)/b34-28+,35-24-. The number of amidine groups is 1. The summed E-state index contributed by atoms with van der Waals surface area (Å²) in [5, 5.41) is 10.7. The molecule has 0 bridgehead atoms. The van der Waals surface area contributed by atoms with Crippen molar-refractivity contribution in [3.05, 3.63) is 88.6 Å². The Kier molecular flexibility index (Phi) is 11.4. The molecule has 2 fully saturated rings. The summed E-state index contributed by atoms with van der Waals surface area (Å²) in [6.45, 7) is 10.7. The van der Waals surface area contributed by atoms with Crippen LogP contribution < -0.4 is 21.7 Å². The van der Waals surface area contributed by atoms with Crippen molar-refractivity contribution in [2.75, 3.05) is 39.3 Å². The first-order valence-corrected chi connectivity index (χ1v) is 17.5. The van der Waals surface area contributed by atoms with Crippen LogP contribution in [0.4, 0.5) is 0 Å². The molecule has 1 aromatic heterocycles. The Balaban J connectivity index is 0.922. The fourth-order valence-electron chi connectivity index (χ4n) is 6.90. The van der Waals surface area contributed by atoms with Gasteiger partial charge in [-0.1, -0.05) is 55.7 Å². The summed E-state index contributed by atoms with van der Waals surface area (Å²) in [4.78, 5) is 18.1. The minimum Gasteiger partial charge on any atom is -0.385 e. The van der Waals surface area contributed by atoms with Crippen LogP contribution in [0.1, 0.15) is 75.2 Å². The van der Waals surface area contributed by atoms with Gasteiger partial charge in [-0.3, -0.25) is 9.89 Å². The number of allylic oxidation sites excluding steroid dienone is 2. The van der Waals surface area contributed by atoms with Crippen LogP contribution in [0.5, 0.6) is 0 Å². The fourth-order valence-corrected chi connectivity index (χ4v) is 6.90. The molecule has 9 heteroatoms. The van der Waals surface area contributed by atoms with Gasteiger partial charge in [0.1, 0.15) is 17.5 Å². The predicted octanol–water partition coefficient (Wildman–Crippen LogP) is 5.14. The first-order valence-electron chi connectivity index (χ1n) is 17.5. The van der Waals surface area contributed by atoms with E-state index in [1.165, 1.54) is 60.9 Å². The molecule has 3 aromatic rings. The molecule has 0 radical (unpaired) electrons. The van der Waals surface area contributed by atoms with Crippen LogP contribution >= 0.6 is 0 Å². The number of H-pyrrole nitrogens is 1. The van der Waals surface area contributed by atoms with Crippen LogP contribution in [-0.2, 0) is 19.6 Å². The minimum atomic E-state index is 0.652. The van der Waals surface area contributed by atoms with E-state index >= 15 is 0 Å². The quantitative estimate of drug-likeness (QED) is 0.178. The Labute approximate surface area is 274 Å². The molecule has 0 unspecified atom stereocenters. The zero-order valence-corrected chi connectivity index (χ0v) is 27.7. The zero-order valence-electron chi connectivity index (χ0n) is 27.7. The van der Waals surface area contributed by atoms with Crippen molar-refractivity contribution in [1.29, 1.82) is 0 Å². The number of hydrogen-bond donors (Lipinski definition) is 5. The highest BCUT2D eigenvalue weighted by atomic mass is 15.3. The molecule has 3 heterocycles. The molecule has 1 saturated heterocycles. The third-order valence-corrected chi connectivity index (χ3v) is 9.65. The number of aromatic nitrogens is 2. The van der Waals surface area contributed by atoms with Crippen LogP contribution in [0.25, 0.3) is 11.0 Å². The lowest BCUT2D eigenvalue weighted by Crippen LogP contribution is -2.46. The topological polar surface area (TPSA) is 110 Å². The lowest BCUT2D eigenvalue weighted by Gasteiger charge is -2.37. The van der Waals surface area contributed by atoms with Crippen molar-refractivity contribution >= 4 is 16.9 Å². The van der Waals surface area contributed by atoms with E-state index in [9.17, 15) is 0 Å². The van der Waals surface area contributed by atoms with Gasteiger partial charge in [0.05, 0.1) is 24.1 Å². The normalized spacial score (nSPS) is 22.4. The van der Waals surface area contributed by atoms with E-state index in [0.29, 0.717) is 12.4 Å². The molecule has 9 nitrogen and oxygen atoms in total. The Morgan fingerprint density at radius 3 is 2.52 bits per heavy atom. The van der Waals surface area contributed by atoms with Crippen LogP contribution in [0.3, 0.4) is 0 Å². The second-order valence-corrected chi connectivity index (χ2v) is 13.3. The van der Waals surface area contributed by atoms with Gasteiger partial charge in [-0.15, -0.1) is 0 Å². The van der Waals surface area contributed by atoms with Crippen molar-refractivity contribution in [2.45, 2.75) is 84.0 Å². The second kappa shape index (κ2) is 16.3. The first kappa shape index (κ1) is 32.3. The summed E-state index contributed by atoms with van der Waals surface area (Å²) in [5.41, 5.74) is 13.8. The number of hydrogen-bond acceptors (Lipinski definition) is 7. The molecule has 6 rings (SSSR count). The maximum atomic E-state index is 6.50. The van der Waals surface area contributed by atoms with Gasteiger partial charge in [-0.2, -0.15) is 0 Å². The van der Waals surface area contributed by atoms with Crippen LogP contribution in [0, 0.1) is 0 Å². The Morgan fingerprint density at radius 1 is 0.935 bits per heavy atom. The number of aromatic amines is 1. The number of aliphatic imine (C=N–C) groups is 1. The highest BCUT2D eigenvalue weighted by Crippen LogP contribution is 2.22. The lowest BCUT2D eigenvalue weighted by atomic mass is 9.95. The van der Waals surface area contributed by atoms with Crippen LogP contribution in [0.2, 0.25) is 0 Å². The Morgan fingerprint density at radius 2 is 1.72 bits per heavy atom. The van der Waals surface area contributed by atoms with E-state index in [4.69, 9.17) is 15.7 Å². The molecule has 0 amide bonds. The van der Waals surface area contributed by atoms with Gasteiger partial charge >= 0.3 is 0 Å². The third-order valence-electron chi connectivity index (χ3n) is 9.65. The van der Waals surface area contributed by atoms with Crippen molar-refractivity contribution in [3.63, 3.8) is 0 Å². The van der Waals surface area contributed by atoms with Gasteiger partial charge in [-0.25, -0.2) is 4.98 Å². The third kappa shape index (κ3) is 9.21. The summed E-state index contributed by atoms with van der Waals surface area (Å²) in [6.07, 6.45) is 12.0. The molecule has 6 N–H and O–H groups in total. The highest BCUT2D eigenvalue weighted by Gasteiger charge is 2.22. The van der Waals surface area contributed by atoms with Gasteiger partial charge in [0, 0.05) is 57.0 Å². The van der Waals surface area contributed by atoms with E-state index in [0.717, 1.165) is 93.9 Å². The molecule has 46 heavy (non-hydrogen) atoms. The number of rotatable bonds is 12. The van der Waals surface area contributed by atoms with Crippen molar-refractivity contribution < 1.29 is 0 Å². The minimum absolute atomic E-state index is 0.652. The Bertz CT molecular complexity index is 1460. The summed E-state index contributed by atoms with van der Waals surface area (Å²) < 4.78 is 0. The Hall–Kier alpha value is -3.66. The second-order valence-electron chi connectivity index (χ2n) is 13.3. The maximum Gasteiger partial charge on any atom is 0.121 e. The molecule has 3 aliphatic rings. The molecule has 0 spiro atoms. The number of para-hydroxylation sites is 2. The smallest absolute Gasteiger partial charge is 0.121 e. The van der Waals surface area contributed by atoms with E-state index in [1.54, 1.807) is 0 Å². The van der Waals surface area contributed by atoms with Crippen LogP contribution in [-0.4, -0.2) is 70.9 Å². The number of nitrogens with zero attached hydrogens (tertiary/aromatic N) is 4. The summed E-state index contributed by atoms with van der Waals surface area (Å²) in [7, 11) is 0. The molecule has 2 aliphatic heterocycles. The summed E-state index contributed by atoms with van der Waals surface area (Å²) in [5.74, 6) is 2.65. The molecule has 246 valence electrons. The number of fused-ring (bicyclic) bond motifs is 1. The average Bonchev–Trinajstić information content (AvgIpc) is 3.49. The van der Waals surface area contributed by atoms with Gasteiger partial charge < -0.3 is 31.6 Å². The van der Waals surface area contributed by atoms with E-state index in [1.807, 2.05) is 12.1 Å². The molecule has 1 aliphatic carbocycles. The van der Waals surface area contributed by atoms with Gasteiger partial charge in [0.15, 0.2) is 0 Å². The molecule has 2 aromatic carbocycles. The van der Waals surface area contributed by atoms with Crippen molar-refractivity contribution in [2.24, 2.45) is 10.7 Å². The molecular weight excluding hydrogens is 570 g/mol. The maximum absolute atomic E-state index is 6.50. The van der Waals surface area contributed by atoms with Crippen LogP contribution in [0.15, 0.2) is 76.7 Å². The number of nitrogens with one attached hydrogen (secondary N) is 4. The summed E-state index contributed by atoms with van der Waals surface area (Å²) >= 11 is 0. The van der Waals surface area contributed by atoms with E-state index < -0.39 is 0 Å². The SMILES string of the molecule is C/C1=C(N2CCN(Cc3nc4ccccc4[nH]3)CC2)/C=C(/N)NC(=NCc2ccc(CNCCCNC3CCCCC3)cc2)CC1.